The van der Waals surface area contributed by atoms with Crippen molar-refractivity contribution < 1.29 is 19.1 Å². The first-order valence-corrected chi connectivity index (χ1v) is 7.35. The van der Waals surface area contributed by atoms with Gasteiger partial charge in [-0.1, -0.05) is 18.2 Å². The van der Waals surface area contributed by atoms with Crippen molar-refractivity contribution in [1.29, 1.82) is 0 Å². The van der Waals surface area contributed by atoms with Crippen LogP contribution >= 0.6 is 0 Å². The molecule has 21 heavy (non-hydrogen) atoms. The first kappa shape index (κ1) is 15.4. The Kier molecular flexibility index (Phi) is 5.20. The number of benzene rings is 1. The van der Waals surface area contributed by atoms with E-state index < -0.39 is 12.1 Å². The summed E-state index contributed by atoms with van der Waals surface area (Å²) in [5.74, 6) is -0.568. The Morgan fingerprint density at radius 2 is 1.48 bits per heavy atom. The fraction of sp³-hybridized carbons (Fsp3) is 0.500. The number of nitrogens with zero attached hydrogens (tertiary/aromatic N) is 1. The van der Waals surface area contributed by atoms with E-state index in [1.165, 1.54) is 0 Å². The molecule has 5 heteroatoms. The molecule has 5 nitrogen and oxygen atoms in total. The van der Waals surface area contributed by atoms with E-state index in [4.69, 9.17) is 9.47 Å². The van der Waals surface area contributed by atoms with Gasteiger partial charge in [0.05, 0.1) is 13.2 Å². The zero-order chi connectivity index (χ0) is 15.2. The van der Waals surface area contributed by atoms with Gasteiger partial charge >= 0.3 is 11.9 Å². The Morgan fingerprint density at radius 1 is 1.00 bits per heavy atom. The monoisotopic (exact) mass is 291 g/mol. The molecular formula is C16H21NO4. The molecule has 0 unspecified atom stereocenters. The Balaban J connectivity index is 2.27. The van der Waals surface area contributed by atoms with Crippen LogP contribution in [0.4, 0.5) is 5.69 Å². The highest BCUT2D eigenvalue weighted by Crippen LogP contribution is 2.31. The first-order valence-electron chi connectivity index (χ1n) is 7.35. The number of ether oxygens (including phenoxy) is 2. The van der Waals surface area contributed by atoms with Crippen LogP contribution in [-0.2, 0) is 19.1 Å². The van der Waals surface area contributed by atoms with Gasteiger partial charge in [-0.15, -0.1) is 0 Å². The van der Waals surface area contributed by atoms with E-state index in [1.807, 2.05) is 35.2 Å². The second-order valence-corrected chi connectivity index (χ2v) is 4.86. The number of para-hydroxylation sites is 1. The molecule has 1 saturated heterocycles. The van der Waals surface area contributed by atoms with Crippen molar-refractivity contribution in [2.75, 3.05) is 18.1 Å². The summed E-state index contributed by atoms with van der Waals surface area (Å²) in [7, 11) is 0. The van der Waals surface area contributed by atoms with Crippen molar-refractivity contribution >= 4 is 17.6 Å². The smallest absolute Gasteiger partial charge is 0.328 e. The summed E-state index contributed by atoms with van der Waals surface area (Å²) >= 11 is 0. The second-order valence-electron chi connectivity index (χ2n) is 4.86. The van der Waals surface area contributed by atoms with Crippen LogP contribution in [0.15, 0.2) is 30.3 Å². The third-order valence-corrected chi connectivity index (χ3v) is 3.56. The quantitative estimate of drug-likeness (QED) is 0.778. The van der Waals surface area contributed by atoms with Crippen molar-refractivity contribution in [1.82, 2.24) is 0 Å². The lowest BCUT2D eigenvalue weighted by atomic mass is 10.2. The third-order valence-electron chi connectivity index (χ3n) is 3.56. The van der Waals surface area contributed by atoms with Crippen molar-refractivity contribution in [3.8, 4) is 0 Å². The average molecular weight is 291 g/mol. The predicted molar refractivity (Wildman–Crippen MR) is 79.0 cm³/mol. The highest BCUT2D eigenvalue weighted by atomic mass is 16.5. The zero-order valence-corrected chi connectivity index (χ0v) is 12.5. The summed E-state index contributed by atoms with van der Waals surface area (Å²) in [5.41, 5.74) is 0.839. The minimum atomic E-state index is -0.429. The van der Waals surface area contributed by atoms with Gasteiger partial charge in [-0.2, -0.15) is 0 Å². The summed E-state index contributed by atoms with van der Waals surface area (Å²) in [6.07, 6.45) is 1.19. The van der Waals surface area contributed by atoms with Crippen molar-refractivity contribution in [2.24, 2.45) is 0 Å². The van der Waals surface area contributed by atoms with Gasteiger partial charge in [0.25, 0.3) is 0 Å². The van der Waals surface area contributed by atoms with Crippen LogP contribution in [0.2, 0.25) is 0 Å². The topological polar surface area (TPSA) is 55.8 Å². The van der Waals surface area contributed by atoms with Gasteiger partial charge in [0.2, 0.25) is 0 Å². The van der Waals surface area contributed by atoms with Gasteiger partial charge in [-0.05, 0) is 38.8 Å². The average Bonchev–Trinajstić information content (AvgIpc) is 2.93. The molecule has 0 saturated carbocycles. The lowest BCUT2D eigenvalue weighted by molar-refractivity contribution is -0.145. The number of rotatable bonds is 5. The number of anilines is 1. The first-order chi connectivity index (χ1) is 10.2. The summed E-state index contributed by atoms with van der Waals surface area (Å²) in [4.78, 5) is 26.1. The summed E-state index contributed by atoms with van der Waals surface area (Å²) in [5, 5.41) is 0. The molecule has 1 fully saturated rings. The maximum atomic E-state index is 12.1. The normalized spacial score (nSPS) is 21.1. The number of carbonyl (C=O) groups is 2. The molecule has 0 aliphatic carbocycles. The highest BCUT2D eigenvalue weighted by Gasteiger charge is 2.43. The van der Waals surface area contributed by atoms with E-state index in [2.05, 4.69) is 0 Å². The van der Waals surface area contributed by atoms with E-state index in [-0.39, 0.29) is 11.9 Å². The van der Waals surface area contributed by atoms with Gasteiger partial charge in [0, 0.05) is 5.69 Å². The molecule has 1 heterocycles. The number of hydrogen-bond acceptors (Lipinski definition) is 5. The molecular weight excluding hydrogens is 270 g/mol. The molecule has 114 valence electrons. The maximum absolute atomic E-state index is 12.1. The molecule has 0 spiro atoms. The van der Waals surface area contributed by atoms with Crippen LogP contribution in [0.25, 0.3) is 0 Å². The fourth-order valence-electron chi connectivity index (χ4n) is 2.71. The SMILES string of the molecule is CCOC(=O)[C@H]1CC[C@@H](C(=O)OCC)N1c1ccccc1. The van der Waals surface area contributed by atoms with Gasteiger partial charge in [0.1, 0.15) is 12.1 Å². The molecule has 1 aliphatic rings. The summed E-state index contributed by atoms with van der Waals surface area (Å²) < 4.78 is 10.3. The highest BCUT2D eigenvalue weighted by molar-refractivity contribution is 5.88. The number of carbonyl (C=O) groups excluding carboxylic acids is 2. The van der Waals surface area contributed by atoms with Crippen LogP contribution in [-0.4, -0.2) is 37.2 Å². The van der Waals surface area contributed by atoms with Crippen LogP contribution in [0.3, 0.4) is 0 Å². The summed E-state index contributed by atoms with van der Waals surface area (Å²) in [6, 6.07) is 8.60. The van der Waals surface area contributed by atoms with Crippen molar-refractivity contribution in [3.63, 3.8) is 0 Å². The summed E-state index contributed by atoms with van der Waals surface area (Å²) in [6.45, 7) is 4.23. The van der Waals surface area contributed by atoms with Gasteiger partial charge < -0.3 is 14.4 Å². The maximum Gasteiger partial charge on any atom is 0.328 e. The molecule has 0 N–H and O–H groups in total. The molecule has 2 atom stereocenters. The number of esters is 2. The van der Waals surface area contributed by atoms with Crippen molar-refractivity contribution in [3.05, 3.63) is 30.3 Å². The third kappa shape index (κ3) is 3.35. The second kappa shape index (κ2) is 7.11. The van der Waals surface area contributed by atoms with Crippen LogP contribution in [0.5, 0.6) is 0 Å². The minimum absolute atomic E-state index is 0.284. The number of hydrogen-bond donors (Lipinski definition) is 0. The van der Waals surface area contributed by atoms with E-state index in [0.717, 1.165) is 5.69 Å². The van der Waals surface area contributed by atoms with Gasteiger partial charge in [-0.25, -0.2) is 9.59 Å². The van der Waals surface area contributed by atoms with Gasteiger partial charge in [-0.3, -0.25) is 0 Å². The lowest BCUT2D eigenvalue weighted by Gasteiger charge is -2.29. The molecule has 1 aromatic rings. The molecule has 1 aromatic carbocycles. The lowest BCUT2D eigenvalue weighted by Crippen LogP contribution is -2.45. The standard InChI is InChI=1S/C16H21NO4/c1-3-20-15(18)13-10-11-14(16(19)21-4-2)17(13)12-8-6-5-7-9-12/h5-9,13-14H,3-4,10-11H2,1-2H3/t13-,14+. The molecule has 2 rings (SSSR count). The molecule has 0 radical (unpaired) electrons. The Bertz CT molecular complexity index is 462. The van der Waals surface area contributed by atoms with Crippen molar-refractivity contribution in [2.45, 2.75) is 38.8 Å². The molecule has 1 aliphatic heterocycles. The van der Waals surface area contributed by atoms with E-state index in [0.29, 0.717) is 26.1 Å². The predicted octanol–water partition coefficient (Wildman–Crippen LogP) is 2.15. The van der Waals surface area contributed by atoms with Crippen LogP contribution < -0.4 is 4.90 Å². The van der Waals surface area contributed by atoms with E-state index >= 15 is 0 Å². The van der Waals surface area contributed by atoms with Crippen LogP contribution in [0, 0.1) is 0 Å². The Hall–Kier alpha value is -2.04. The van der Waals surface area contributed by atoms with Gasteiger partial charge in [0.15, 0.2) is 0 Å². The van der Waals surface area contributed by atoms with E-state index in [9.17, 15) is 9.59 Å². The van der Waals surface area contributed by atoms with Crippen LogP contribution in [0.1, 0.15) is 26.7 Å². The Labute approximate surface area is 124 Å². The molecule has 0 aromatic heterocycles. The minimum Gasteiger partial charge on any atom is -0.464 e. The fourth-order valence-corrected chi connectivity index (χ4v) is 2.71. The van der Waals surface area contributed by atoms with E-state index in [1.54, 1.807) is 13.8 Å². The largest absolute Gasteiger partial charge is 0.464 e. The molecule has 0 amide bonds. The zero-order valence-electron chi connectivity index (χ0n) is 12.5. The Morgan fingerprint density at radius 3 is 1.90 bits per heavy atom. The molecule has 0 bridgehead atoms.